The lowest BCUT2D eigenvalue weighted by Gasteiger charge is -2.26. The fourth-order valence-corrected chi connectivity index (χ4v) is 2.52. The van der Waals surface area contributed by atoms with Crippen molar-refractivity contribution in [2.75, 3.05) is 6.61 Å². The van der Waals surface area contributed by atoms with Crippen LogP contribution in [0.1, 0.15) is 40.5 Å². The molecule has 0 aromatic heterocycles. The van der Waals surface area contributed by atoms with E-state index in [0.717, 1.165) is 0 Å². The molecule has 0 saturated heterocycles. The van der Waals surface area contributed by atoms with Gasteiger partial charge in [-0.3, -0.25) is 19.2 Å². The monoisotopic (exact) mass is 431 g/mol. The number of aliphatic hydroxyl groups is 1. The summed E-state index contributed by atoms with van der Waals surface area (Å²) in [7, 11) is 0. The van der Waals surface area contributed by atoms with Gasteiger partial charge < -0.3 is 37.6 Å². The van der Waals surface area contributed by atoms with Gasteiger partial charge in [0.1, 0.15) is 24.2 Å². The standard InChI is InChI=1S/C18H33N5O7/c1-8(2)5-12(18(29)30)22-16(27)11(6-13(20)25)21-17(28)14(9(3)4)23-15(26)10(19)7-24/h8-12,14,24H,5-7,19H2,1-4H3,(H2,20,25)(H,21,28)(H,22,27)(H,23,26)(H,29,30). The molecule has 0 saturated carbocycles. The van der Waals surface area contributed by atoms with Crippen LogP contribution < -0.4 is 27.4 Å². The maximum Gasteiger partial charge on any atom is 0.326 e. The molecule has 12 nitrogen and oxygen atoms in total. The van der Waals surface area contributed by atoms with E-state index in [1.807, 2.05) is 0 Å². The van der Waals surface area contributed by atoms with E-state index in [0.29, 0.717) is 0 Å². The molecular formula is C18H33N5O7. The van der Waals surface area contributed by atoms with Crippen LogP contribution >= 0.6 is 0 Å². The van der Waals surface area contributed by atoms with Crippen LogP contribution in [0.5, 0.6) is 0 Å². The first-order valence-electron chi connectivity index (χ1n) is 9.58. The lowest BCUT2D eigenvalue weighted by Crippen LogP contribution is -2.59. The van der Waals surface area contributed by atoms with Crippen molar-refractivity contribution < 1.29 is 34.2 Å². The average Bonchev–Trinajstić information content (AvgIpc) is 2.62. The summed E-state index contributed by atoms with van der Waals surface area (Å²) in [5.74, 6) is -5.07. The minimum atomic E-state index is -1.44. The summed E-state index contributed by atoms with van der Waals surface area (Å²) in [6, 6.07) is -5.01. The van der Waals surface area contributed by atoms with E-state index in [1.54, 1.807) is 27.7 Å². The number of carboxylic acids is 1. The summed E-state index contributed by atoms with van der Waals surface area (Å²) in [5, 5.41) is 25.2. The second-order valence-corrected chi connectivity index (χ2v) is 7.78. The normalized spacial score (nSPS) is 15.1. The van der Waals surface area contributed by atoms with Crippen LogP contribution in [0, 0.1) is 11.8 Å². The Hall–Kier alpha value is -2.73. The molecule has 0 heterocycles. The minimum Gasteiger partial charge on any atom is -0.480 e. The van der Waals surface area contributed by atoms with Crippen molar-refractivity contribution in [3.8, 4) is 0 Å². The molecule has 0 rings (SSSR count). The van der Waals surface area contributed by atoms with Gasteiger partial charge in [-0.2, -0.15) is 0 Å². The first-order chi connectivity index (χ1) is 13.8. The van der Waals surface area contributed by atoms with Gasteiger partial charge in [0.25, 0.3) is 0 Å². The Kier molecular flexibility index (Phi) is 11.6. The van der Waals surface area contributed by atoms with Crippen molar-refractivity contribution in [2.24, 2.45) is 23.3 Å². The van der Waals surface area contributed by atoms with Crippen LogP contribution in [0.3, 0.4) is 0 Å². The number of nitrogens with two attached hydrogens (primary N) is 2. The van der Waals surface area contributed by atoms with Gasteiger partial charge in [-0.25, -0.2) is 4.79 Å². The Morgan fingerprint density at radius 2 is 1.40 bits per heavy atom. The van der Waals surface area contributed by atoms with Crippen molar-refractivity contribution >= 4 is 29.6 Å². The van der Waals surface area contributed by atoms with Gasteiger partial charge in [0.05, 0.1) is 13.0 Å². The summed E-state index contributed by atoms with van der Waals surface area (Å²) in [4.78, 5) is 59.8. The Labute approximate surface area is 175 Å². The molecule has 0 radical (unpaired) electrons. The second-order valence-electron chi connectivity index (χ2n) is 7.78. The average molecular weight is 431 g/mol. The molecule has 0 aliphatic rings. The number of rotatable bonds is 13. The number of carbonyl (C=O) groups is 5. The maximum atomic E-state index is 12.6. The number of aliphatic hydroxyl groups excluding tert-OH is 1. The first kappa shape index (κ1) is 27.3. The maximum absolute atomic E-state index is 12.6. The summed E-state index contributed by atoms with van der Waals surface area (Å²) in [6.07, 6.45) is -0.428. The highest BCUT2D eigenvalue weighted by Crippen LogP contribution is 2.07. The molecular weight excluding hydrogens is 398 g/mol. The molecule has 4 atom stereocenters. The molecule has 12 heteroatoms. The predicted molar refractivity (Wildman–Crippen MR) is 107 cm³/mol. The lowest BCUT2D eigenvalue weighted by atomic mass is 10.0. The van der Waals surface area contributed by atoms with E-state index >= 15 is 0 Å². The number of aliphatic carboxylic acids is 1. The van der Waals surface area contributed by atoms with E-state index in [2.05, 4.69) is 16.0 Å². The van der Waals surface area contributed by atoms with E-state index in [1.165, 1.54) is 0 Å². The van der Waals surface area contributed by atoms with Crippen molar-refractivity contribution in [3.63, 3.8) is 0 Å². The Bertz CT molecular complexity index is 638. The molecule has 9 N–H and O–H groups in total. The lowest BCUT2D eigenvalue weighted by molar-refractivity contribution is -0.143. The van der Waals surface area contributed by atoms with Gasteiger partial charge in [0, 0.05) is 0 Å². The zero-order valence-corrected chi connectivity index (χ0v) is 17.7. The highest BCUT2D eigenvalue weighted by molar-refractivity contribution is 5.96. The zero-order valence-electron chi connectivity index (χ0n) is 17.7. The Balaban J connectivity index is 5.43. The number of carboxylic acid groups (broad SMARTS) is 1. The first-order valence-corrected chi connectivity index (χ1v) is 9.58. The molecule has 0 aromatic rings. The summed E-state index contributed by atoms with van der Waals surface area (Å²) in [5.41, 5.74) is 10.6. The molecule has 0 bridgehead atoms. The largest absolute Gasteiger partial charge is 0.480 e. The zero-order chi connectivity index (χ0) is 23.6. The van der Waals surface area contributed by atoms with Crippen molar-refractivity contribution in [2.45, 2.75) is 64.7 Å². The molecule has 172 valence electrons. The van der Waals surface area contributed by atoms with Crippen LogP contribution in [0.15, 0.2) is 0 Å². The number of hydrogen-bond acceptors (Lipinski definition) is 7. The highest BCUT2D eigenvalue weighted by Gasteiger charge is 2.32. The van der Waals surface area contributed by atoms with Gasteiger partial charge in [-0.15, -0.1) is 0 Å². The van der Waals surface area contributed by atoms with Crippen LogP contribution in [0.4, 0.5) is 0 Å². The van der Waals surface area contributed by atoms with Crippen molar-refractivity contribution in [1.29, 1.82) is 0 Å². The molecule has 0 aromatic carbocycles. The molecule has 4 unspecified atom stereocenters. The minimum absolute atomic E-state index is 0.0353. The fraction of sp³-hybridized carbons (Fsp3) is 0.722. The van der Waals surface area contributed by atoms with Gasteiger partial charge in [0.15, 0.2) is 0 Å². The van der Waals surface area contributed by atoms with Gasteiger partial charge in [-0.1, -0.05) is 27.7 Å². The number of primary amides is 1. The van der Waals surface area contributed by atoms with Crippen molar-refractivity contribution in [3.05, 3.63) is 0 Å². The summed E-state index contributed by atoms with van der Waals surface area (Å²) >= 11 is 0. The highest BCUT2D eigenvalue weighted by atomic mass is 16.4. The topological polar surface area (TPSA) is 214 Å². The molecule has 0 aliphatic heterocycles. The quantitative estimate of drug-likeness (QED) is 0.164. The Morgan fingerprint density at radius 1 is 0.867 bits per heavy atom. The van der Waals surface area contributed by atoms with E-state index < -0.39 is 72.7 Å². The van der Waals surface area contributed by atoms with Gasteiger partial charge in [-0.05, 0) is 18.3 Å². The summed E-state index contributed by atoms with van der Waals surface area (Å²) < 4.78 is 0. The van der Waals surface area contributed by atoms with Gasteiger partial charge >= 0.3 is 5.97 Å². The van der Waals surface area contributed by atoms with Crippen LogP contribution in [-0.4, -0.2) is 70.6 Å². The predicted octanol–water partition coefficient (Wildman–Crippen LogP) is -2.58. The third-order valence-electron chi connectivity index (χ3n) is 4.14. The molecule has 0 fully saturated rings. The molecule has 30 heavy (non-hydrogen) atoms. The SMILES string of the molecule is CC(C)CC(NC(=O)C(CC(N)=O)NC(=O)C(NC(=O)C(N)CO)C(C)C)C(=O)O. The van der Waals surface area contributed by atoms with Crippen LogP contribution in [-0.2, 0) is 24.0 Å². The molecule has 0 aliphatic carbocycles. The number of nitrogens with one attached hydrogen (secondary N) is 3. The van der Waals surface area contributed by atoms with Crippen LogP contribution in [0.25, 0.3) is 0 Å². The van der Waals surface area contributed by atoms with E-state index in [-0.39, 0.29) is 12.3 Å². The third-order valence-corrected chi connectivity index (χ3v) is 4.14. The summed E-state index contributed by atoms with van der Waals surface area (Å²) in [6.45, 7) is 6.18. The Morgan fingerprint density at radius 3 is 1.80 bits per heavy atom. The number of carbonyl (C=O) groups excluding carboxylic acids is 4. The van der Waals surface area contributed by atoms with Crippen LogP contribution in [0.2, 0.25) is 0 Å². The third kappa shape index (κ3) is 9.65. The van der Waals surface area contributed by atoms with E-state index in [9.17, 15) is 29.1 Å². The number of amides is 4. The van der Waals surface area contributed by atoms with Gasteiger partial charge in [0.2, 0.25) is 23.6 Å². The van der Waals surface area contributed by atoms with Crippen molar-refractivity contribution in [1.82, 2.24) is 16.0 Å². The fourth-order valence-electron chi connectivity index (χ4n) is 2.52. The second kappa shape index (κ2) is 12.8. The van der Waals surface area contributed by atoms with E-state index in [4.69, 9.17) is 16.6 Å². The molecule has 0 spiro atoms. The molecule has 4 amide bonds. The smallest absolute Gasteiger partial charge is 0.326 e. The number of hydrogen-bond donors (Lipinski definition) is 7.